The molecule has 1 amide bonds. The number of nitro benzene ring substituents is 1. The van der Waals surface area contributed by atoms with Crippen molar-refractivity contribution in [3.05, 3.63) is 45.6 Å². The number of H-pyrrole nitrogens is 1. The zero-order chi connectivity index (χ0) is 15.4. The second kappa shape index (κ2) is 5.90. The third-order valence-corrected chi connectivity index (χ3v) is 2.83. The van der Waals surface area contributed by atoms with Crippen molar-refractivity contribution < 1.29 is 14.5 Å². The Morgan fingerprint density at radius 1 is 1.57 bits per heavy atom. The number of carbonyl (C=O) groups excluding carboxylic acids is 1. The van der Waals surface area contributed by atoms with Crippen molar-refractivity contribution in [2.24, 2.45) is 0 Å². The van der Waals surface area contributed by atoms with Crippen LogP contribution in [0.1, 0.15) is 15.9 Å². The Morgan fingerprint density at radius 3 is 2.90 bits per heavy atom. The molecule has 0 fully saturated rings. The van der Waals surface area contributed by atoms with Gasteiger partial charge in [0.1, 0.15) is 5.82 Å². The molecule has 0 aliphatic heterocycles. The Balaban J connectivity index is 2.14. The Hall–Kier alpha value is -3.10. The van der Waals surface area contributed by atoms with Gasteiger partial charge in [0.15, 0.2) is 5.75 Å². The Morgan fingerprint density at radius 2 is 2.33 bits per heavy atom. The first-order valence-corrected chi connectivity index (χ1v) is 5.91. The minimum atomic E-state index is -0.607. The summed E-state index contributed by atoms with van der Waals surface area (Å²) in [7, 11) is 1.32. The van der Waals surface area contributed by atoms with E-state index >= 15 is 0 Å². The molecule has 0 bridgehead atoms. The molecule has 0 unspecified atom stereocenters. The number of rotatable bonds is 5. The highest BCUT2D eigenvalue weighted by Crippen LogP contribution is 2.27. The van der Waals surface area contributed by atoms with E-state index in [9.17, 15) is 14.9 Å². The molecule has 0 spiro atoms. The molecule has 2 rings (SSSR count). The van der Waals surface area contributed by atoms with Crippen LogP contribution in [-0.4, -0.2) is 28.1 Å². The van der Waals surface area contributed by atoms with E-state index in [2.05, 4.69) is 15.5 Å². The van der Waals surface area contributed by atoms with Gasteiger partial charge in [0, 0.05) is 23.7 Å². The lowest BCUT2D eigenvalue weighted by Gasteiger charge is -2.06. The molecule has 1 aromatic heterocycles. The zero-order valence-electron chi connectivity index (χ0n) is 11.1. The number of amides is 1. The maximum absolute atomic E-state index is 12.0. The van der Waals surface area contributed by atoms with Crippen LogP contribution in [0.2, 0.25) is 0 Å². The molecule has 1 aromatic carbocycles. The number of nitrogens with one attached hydrogen (secondary N) is 2. The van der Waals surface area contributed by atoms with Gasteiger partial charge in [0.05, 0.1) is 18.2 Å². The number of benzene rings is 1. The molecular weight excluding hydrogens is 278 g/mol. The first-order valence-electron chi connectivity index (χ1n) is 5.91. The van der Waals surface area contributed by atoms with Gasteiger partial charge in [-0.2, -0.15) is 5.10 Å². The molecule has 1 heterocycles. The van der Waals surface area contributed by atoms with Crippen molar-refractivity contribution in [3.63, 3.8) is 0 Å². The number of aromatic amines is 1. The third kappa shape index (κ3) is 3.08. The monoisotopic (exact) mass is 291 g/mol. The van der Waals surface area contributed by atoms with E-state index in [4.69, 9.17) is 10.5 Å². The van der Waals surface area contributed by atoms with Gasteiger partial charge >= 0.3 is 5.69 Å². The molecule has 0 saturated carbocycles. The predicted molar refractivity (Wildman–Crippen MR) is 73.8 cm³/mol. The maximum atomic E-state index is 12.0. The van der Waals surface area contributed by atoms with E-state index in [1.807, 2.05) is 0 Å². The summed E-state index contributed by atoms with van der Waals surface area (Å²) in [4.78, 5) is 22.3. The van der Waals surface area contributed by atoms with Crippen molar-refractivity contribution in [3.8, 4) is 5.75 Å². The average molecular weight is 291 g/mol. The summed E-state index contributed by atoms with van der Waals surface area (Å²) in [5.74, 6) is -0.00649. The van der Waals surface area contributed by atoms with Crippen LogP contribution in [-0.2, 0) is 6.54 Å². The first kappa shape index (κ1) is 14.3. The van der Waals surface area contributed by atoms with E-state index < -0.39 is 10.8 Å². The van der Waals surface area contributed by atoms with E-state index in [0.29, 0.717) is 11.4 Å². The number of nitrogen functional groups attached to an aromatic ring is 1. The van der Waals surface area contributed by atoms with Gasteiger partial charge in [-0.3, -0.25) is 20.0 Å². The van der Waals surface area contributed by atoms with E-state index in [1.165, 1.54) is 25.4 Å². The molecule has 110 valence electrons. The van der Waals surface area contributed by atoms with Crippen molar-refractivity contribution in [1.29, 1.82) is 0 Å². The number of hydrogen-bond acceptors (Lipinski definition) is 6. The van der Waals surface area contributed by atoms with Gasteiger partial charge in [-0.15, -0.1) is 0 Å². The molecule has 0 atom stereocenters. The molecule has 0 saturated heterocycles. The smallest absolute Gasteiger partial charge is 0.311 e. The summed E-state index contributed by atoms with van der Waals surface area (Å²) in [6.45, 7) is 0.168. The fraction of sp³-hybridized carbons (Fsp3) is 0.167. The molecule has 21 heavy (non-hydrogen) atoms. The summed E-state index contributed by atoms with van der Waals surface area (Å²) in [5.41, 5.74) is 6.11. The molecular formula is C12H13N5O4. The largest absolute Gasteiger partial charge is 0.490 e. The number of aromatic nitrogens is 2. The summed E-state index contributed by atoms with van der Waals surface area (Å²) in [6.07, 6.45) is 1.49. The topological polar surface area (TPSA) is 136 Å². The highest BCUT2D eigenvalue weighted by molar-refractivity contribution is 5.95. The van der Waals surface area contributed by atoms with E-state index in [0.717, 1.165) is 6.07 Å². The normalized spacial score (nSPS) is 10.1. The van der Waals surface area contributed by atoms with Crippen LogP contribution in [0.25, 0.3) is 0 Å². The number of hydrogen-bond donors (Lipinski definition) is 3. The van der Waals surface area contributed by atoms with Crippen LogP contribution in [0.15, 0.2) is 24.4 Å². The first-order chi connectivity index (χ1) is 10.0. The number of methoxy groups -OCH3 is 1. The maximum Gasteiger partial charge on any atom is 0.311 e. The summed E-state index contributed by atoms with van der Waals surface area (Å²) < 4.78 is 4.87. The zero-order valence-corrected chi connectivity index (χ0v) is 11.1. The van der Waals surface area contributed by atoms with Crippen molar-refractivity contribution in [2.75, 3.05) is 12.8 Å². The Bertz CT molecular complexity index is 682. The second-order valence-electron chi connectivity index (χ2n) is 4.14. The molecule has 2 aromatic rings. The van der Waals surface area contributed by atoms with Crippen LogP contribution < -0.4 is 15.8 Å². The average Bonchev–Trinajstić information content (AvgIpc) is 2.89. The van der Waals surface area contributed by atoms with Gasteiger partial charge < -0.3 is 15.8 Å². The van der Waals surface area contributed by atoms with Crippen LogP contribution in [0.5, 0.6) is 5.75 Å². The molecule has 0 aliphatic rings. The summed E-state index contributed by atoms with van der Waals surface area (Å²) in [6, 6.07) is 3.98. The van der Waals surface area contributed by atoms with Crippen molar-refractivity contribution in [1.82, 2.24) is 15.5 Å². The highest BCUT2D eigenvalue weighted by Gasteiger charge is 2.18. The van der Waals surface area contributed by atoms with Gasteiger partial charge in [0.25, 0.3) is 5.91 Å². The van der Waals surface area contributed by atoms with E-state index in [1.54, 1.807) is 0 Å². The van der Waals surface area contributed by atoms with Crippen molar-refractivity contribution >= 4 is 17.4 Å². The number of anilines is 1. The fourth-order valence-corrected chi connectivity index (χ4v) is 1.71. The summed E-state index contributed by atoms with van der Waals surface area (Å²) in [5, 5.41) is 19.8. The Kier molecular flexibility index (Phi) is 4.02. The quantitative estimate of drug-likeness (QED) is 0.551. The van der Waals surface area contributed by atoms with Gasteiger partial charge in [-0.1, -0.05) is 0 Å². The SMILES string of the molecule is COc1ccc(C(=O)NCc2cn[nH]c2N)cc1[N+](=O)[O-]. The Labute approximate surface area is 119 Å². The lowest BCUT2D eigenvalue weighted by molar-refractivity contribution is -0.385. The lowest BCUT2D eigenvalue weighted by Crippen LogP contribution is -2.23. The van der Waals surface area contributed by atoms with Crippen LogP contribution >= 0.6 is 0 Å². The number of ether oxygens (including phenoxy) is 1. The molecule has 0 aliphatic carbocycles. The second-order valence-corrected chi connectivity index (χ2v) is 4.14. The van der Waals surface area contributed by atoms with Gasteiger partial charge in [0.2, 0.25) is 0 Å². The minimum absolute atomic E-state index is 0.0932. The lowest BCUT2D eigenvalue weighted by atomic mass is 10.1. The van der Waals surface area contributed by atoms with Gasteiger partial charge in [-0.05, 0) is 12.1 Å². The molecule has 9 nitrogen and oxygen atoms in total. The molecule has 4 N–H and O–H groups in total. The van der Waals surface area contributed by atoms with Gasteiger partial charge in [-0.25, -0.2) is 0 Å². The number of carbonyl (C=O) groups is 1. The third-order valence-electron chi connectivity index (χ3n) is 2.83. The predicted octanol–water partition coefficient (Wildman–Crippen LogP) is 0.839. The van der Waals surface area contributed by atoms with Crippen LogP contribution in [0.4, 0.5) is 11.5 Å². The molecule has 0 radical (unpaired) electrons. The van der Waals surface area contributed by atoms with E-state index in [-0.39, 0.29) is 23.5 Å². The fourth-order valence-electron chi connectivity index (χ4n) is 1.71. The molecule has 9 heteroatoms. The number of nitrogens with two attached hydrogens (primary N) is 1. The number of nitro groups is 1. The highest BCUT2D eigenvalue weighted by atomic mass is 16.6. The van der Waals surface area contributed by atoms with Crippen LogP contribution in [0, 0.1) is 10.1 Å². The van der Waals surface area contributed by atoms with Crippen molar-refractivity contribution in [2.45, 2.75) is 6.54 Å². The minimum Gasteiger partial charge on any atom is -0.490 e. The number of nitrogens with zero attached hydrogens (tertiary/aromatic N) is 2. The van der Waals surface area contributed by atoms with Crippen LogP contribution in [0.3, 0.4) is 0 Å². The standard InChI is InChI=1S/C12H13N5O4/c1-21-10-3-2-7(4-9(10)17(19)20)12(18)14-5-8-6-15-16-11(8)13/h2-4,6H,5H2,1H3,(H,14,18)(H3,13,15,16). The summed E-state index contributed by atoms with van der Waals surface area (Å²) >= 11 is 0.